The molecule has 6 nitrogen and oxygen atoms in total. The number of benzene rings is 1. The summed E-state index contributed by atoms with van der Waals surface area (Å²) in [5, 5.41) is 0.370. The summed E-state index contributed by atoms with van der Waals surface area (Å²) in [5.41, 5.74) is 0.223. The zero-order chi connectivity index (χ0) is 19.2. The van der Waals surface area contributed by atoms with Crippen LogP contribution < -0.4 is 14.9 Å². The highest BCUT2D eigenvalue weighted by atomic mass is 16.6. The van der Waals surface area contributed by atoms with Crippen molar-refractivity contribution in [1.82, 2.24) is 0 Å². The maximum atomic E-state index is 12.5. The fourth-order valence-corrected chi connectivity index (χ4v) is 3.18. The van der Waals surface area contributed by atoms with Gasteiger partial charge in [-0.3, -0.25) is 9.59 Å². The molecule has 0 saturated carbocycles. The molecule has 6 heteroatoms. The predicted octanol–water partition coefficient (Wildman–Crippen LogP) is 3.39. The first kappa shape index (κ1) is 18.3. The third kappa shape index (κ3) is 3.04. The molecule has 0 fully saturated rings. The Bertz CT molecular complexity index is 922. The lowest BCUT2D eigenvalue weighted by molar-refractivity contribution is -0.165. The summed E-state index contributed by atoms with van der Waals surface area (Å²) in [4.78, 5) is 24.6. The van der Waals surface area contributed by atoms with E-state index < -0.39 is 11.7 Å². The number of rotatable bonds is 3. The summed E-state index contributed by atoms with van der Waals surface area (Å²) in [6, 6.07) is 3.14. The van der Waals surface area contributed by atoms with Crippen LogP contribution in [0.4, 0.5) is 0 Å². The summed E-state index contributed by atoms with van der Waals surface area (Å²) in [6.45, 7) is 9.04. The minimum absolute atomic E-state index is 0.177. The monoisotopic (exact) mass is 360 g/mol. The molecule has 1 aromatic carbocycles. The van der Waals surface area contributed by atoms with Crippen molar-refractivity contribution in [3.8, 4) is 11.5 Å². The van der Waals surface area contributed by atoms with Gasteiger partial charge in [0.2, 0.25) is 0 Å². The van der Waals surface area contributed by atoms with Gasteiger partial charge in [0.05, 0.1) is 13.0 Å². The van der Waals surface area contributed by atoms with Crippen molar-refractivity contribution in [2.24, 2.45) is 5.92 Å². The third-order valence-corrected chi connectivity index (χ3v) is 4.63. The van der Waals surface area contributed by atoms with Crippen LogP contribution in [0.2, 0.25) is 0 Å². The summed E-state index contributed by atoms with van der Waals surface area (Å²) in [5.74, 6) is 0.978. The standard InChI is InChI=1S/C20H24O6/c1-10(2)19(22)25-16-8-12-14(26-20(16,4)5)9-15-17(18(12)23-6)13(21)7-11(3)24-15/h7,9-10,16H,8H2,1-6H3/t16-/m1/s1. The van der Waals surface area contributed by atoms with Gasteiger partial charge in [0.15, 0.2) is 5.43 Å². The molecule has 0 spiro atoms. The van der Waals surface area contributed by atoms with E-state index in [1.807, 2.05) is 13.8 Å². The van der Waals surface area contributed by atoms with Gasteiger partial charge in [0.25, 0.3) is 0 Å². The van der Waals surface area contributed by atoms with Crippen molar-refractivity contribution < 1.29 is 23.4 Å². The van der Waals surface area contributed by atoms with E-state index in [9.17, 15) is 9.59 Å². The van der Waals surface area contributed by atoms with Gasteiger partial charge in [-0.15, -0.1) is 0 Å². The second-order valence-electron chi connectivity index (χ2n) is 7.47. The molecule has 1 atom stereocenters. The Hall–Kier alpha value is -2.50. The van der Waals surface area contributed by atoms with Crippen molar-refractivity contribution in [3.63, 3.8) is 0 Å². The fourth-order valence-electron chi connectivity index (χ4n) is 3.18. The van der Waals surface area contributed by atoms with Crippen LogP contribution in [0.3, 0.4) is 0 Å². The molecular weight excluding hydrogens is 336 g/mol. The van der Waals surface area contributed by atoms with Gasteiger partial charge in [-0.1, -0.05) is 13.8 Å². The summed E-state index contributed by atoms with van der Waals surface area (Å²) < 4.78 is 23.0. The zero-order valence-corrected chi connectivity index (χ0v) is 16.0. The van der Waals surface area contributed by atoms with E-state index in [0.717, 1.165) is 0 Å². The van der Waals surface area contributed by atoms with E-state index in [4.69, 9.17) is 18.6 Å². The molecule has 140 valence electrons. The molecule has 3 rings (SSSR count). The Balaban J connectivity index is 2.16. The van der Waals surface area contributed by atoms with Crippen LogP contribution in [0.1, 0.15) is 39.0 Å². The molecule has 0 N–H and O–H groups in total. The number of hydrogen-bond acceptors (Lipinski definition) is 6. The second kappa shape index (κ2) is 6.34. The normalized spacial score (nSPS) is 18.3. The van der Waals surface area contributed by atoms with E-state index in [-0.39, 0.29) is 17.3 Å². The number of methoxy groups -OCH3 is 1. The van der Waals surface area contributed by atoms with Crippen LogP contribution in [-0.2, 0) is 16.0 Å². The molecule has 0 unspecified atom stereocenters. The van der Waals surface area contributed by atoms with E-state index in [0.29, 0.717) is 40.2 Å². The van der Waals surface area contributed by atoms with Gasteiger partial charge >= 0.3 is 5.97 Å². The molecule has 2 heterocycles. The number of fused-ring (bicyclic) bond motifs is 2. The van der Waals surface area contributed by atoms with Crippen LogP contribution in [0.15, 0.2) is 21.3 Å². The molecule has 0 aliphatic carbocycles. The number of carbonyl (C=O) groups is 1. The average Bonchev–Trinajstić information content (AvgIpc) is 2.52. The van der Waals surface area contributed by atoms with Crippen LogP contribution in [-0.4, -0.2) is 24.8 Å². The zero-order valence-electron chi connectivity index (χ0n) is 16.0. The molecule has 1 aliphatic heterocycles. The molecule has 2 aromatic rings. The van der Waals surface area contributed by atoms with Gasteiger partial charge in [-0.25, -0.2) is 0 Å². The van der Waals surface area contributed by atoms with E-state index >= 15 is 0 Å². The highest BCUT2D eigenvalue weighted by molar-refractivity contribution is 5.87. The van der Waals surface area contributed by atoms with Gasteiger partial charge in [0, 0.05) is 24.1 Å². The first-order valence-corrected chi connectivity index (χ1v) is 8.68. The Labute approximate surface area is 152 Å². The molecule has 0 saturated heterocycles. The Morgan fingerprint density at radius 3 is 2.62 bits per heavy atom. The number of hydrogen-bond donors (Lipinski definition) is 0. The molecule has 26 heavy (non-hydrogen) atoms. The van der Waals surface area contributed by atoms with Crippen molar-refractivity contribution in [2.45, 2.75) is 52.7 Å². The summed E-state index contributed by atoms with van der Waals surface area (Å²) >= 11 is 0. The molecule has 1 aromatic heterocycles. The van der Waals surface area contributed by atoms with Crippen molar-refractivity contribution in [2.75, 3.05) is 7.11 Å². The summed E-state index contributed by atoms with van der Waals surface area (Å²) in [6.07, 6.45) is -0.0959. The average molecular weight is 360 g/mol. The molecule has 0 radical (unpaired) electrons. The minimum Gasteiger partial charge on any atom is -0.495 e. The van der Waals surface area contributed by atoms with Crippen LogP contribution in [0, 0.1) is 12.8 Å². The number of aryl methyl sites for hydroxylation is 1. The number of esters is 1. The lowest BCUT2D eigenvalue weighted by Crippen LogP contribution is -2.49. The second-order valence-corrected chi connectivity index (χ2v) is 7.47. The van der Waals surface area contributed by atoms with Gasteiger partial charge in [-0.2, -0.15) is 0 Å². The van der Waals surface area contributed by atoms with Crippen LogP contribution >= 0.6 is 0 Å². The maximum absolute atomic E-state index is 12.5. The molecular formula is C20H24O6. The van der Waals surface area contributed by atoms with Crippen molar-refractivity contribution >= 4 is 16.9 Å². The lowest BCUT2D eigenvalue weighted by Gasteiger charge is -2.40. The molecule has 0 amide bonds. The van der Waals surface area contributed by atoms with Crippen LogP contribution in [0.25, 0.3) is 11.0 Å². The van der Waals surface area contributed by atoms with Crippen molar-refractivity contribution in [3.05, 3.63) is 33.7 Å². The van der Waals surface area contributed by atoms with E-state index in [2.05, 4.69) is 0 Å². The molecule has 1 aliphatic rings. The maximum Gasteiger partial charge on any atom is 0.308 e. The predicted molar refractivity (Wildman–Crippen MR) is 96.9 cm³/mol. The first-order chi connectivity index (χ1) is 12.1. The third-order valence-electron chi connectivity index (χ3n) is 4.63. The smallest absolute Gasteiger partial charge is 0.308 e. The molecule has 0 bridgehead atoms. The first-order valence-electron chi connectivity index (χ1n) is 8.68. The van der Waals surface area contributed by atoms with Gasteiger partial charge in [0.1, 0.15) is 39.9 Å². The Kier molecular flexibility index (Phi) is 4.46. The van der Waals surface area contributed by atoms with Gasteiger partial charge < -0.3 is 18.6 Å². The lowest BCUT2D eigenvalue weighted by atomic mass is 9.89. The van der Waals surface area contributed by atoms with E-state index in [1.54, 1.807) is 26.8 Å². The Morgan fingerprint density at radius 2 is 2.00 bits per heavy atom. The van der Waals surface area contributed by atoms with E-state index in [1.165, 1.54) is 13.2 Å². The topological polar surface area (TPSA) is 75.0 Å². The van der Waals surface area contributed by atoms with Crippen LogP contribution in [0.5, 0.6) is 11.5 Å². The minimum atomic E-state index is -0.722. The SMILES string of the molecule is COc1c2c(cc3oc(C)cc(=O)c13)OC(C)(C)[C@H](OC(=O)C(C)C)C2. The largest absolute Gasteiger partial charge is 0.495 e. The highest BCUT2D eigenvalue weighted by Crippen LogP contribution is 2.43. The van der Waals surface area contributed by atoms with Gasteiger partial charge in [-0.05, 0) is 20.8 Å². The highest BCUT2D eigenvalue weighted by Gasteiger charge is 2.42. The van der Waals surface area contributed by atoms with Crippen molar-refractivity contribution in [1.29, 1.82) is 0 Å². The summed E-state index contributed by atoms with van der Waals surface area (Å²) in [7, 11) is 1.50. The Morgan fingerprint density at radius 1 is 1.31 bits per heavy atom. The number of carbonyl (C=O) groups excluding carboxylic acids is 1. The fraction of sp³-hybridized carbons (Fsp3) is 0.500. The quantitative estimate of drug-likeness (QED) is 0.781. The number of ether oxygens (including phenoxy) is 3.